The van der Waals surface area contributed by atoms with Crippen LogP contribution < -0.4 is 10.5 Å². The lowest BCUT2D eigenvalue weighted by Crippen LogP contribution is -1.93. The topological polar surface area (TPSA) is 53.1 Å². The summed E-state index contributed by atoms with van der Waals surface area (Å²) < 4.78 is 7.29. The van der Waals surface area contributed by atoms with E-state index >= 15 is 0 Å². The summed E-state index contributed by atoms with van der Waals surface area (Å²) in [4.78, 5) is 4.66. The fourth-order valence-corrected chi connectivity index (χ4v) is 2.24. The lowest BCUT2D eigenvalue weighted by Gasteiger charge is -2.03. The monoisotopic (exact) mass is 253 g/mol. The van der Waals surface area contributed by atoms with Crippen LogP contribution in [0.5, 0.6) is 5.75 Å². The Morgan fingerprint density at radius 2 is 2.00 bits per heavy atom. The third-order valence-electron chi connectivity index (χ3n) is 3.23. The van der Waals surface area contributed by atoms with Gasteiger partial charge in [0.2, 0.25) is 0 Å². The summed E-state index contributed by atoms with van der Waals surface area (Å²) in [5, 5.41) is 0. The number of hydrogen-bond acceptors (Lipinski definition) is 3. The quantitative estimate of drug-likeness (QED) is 0.714. The highest BCUT2D eigenvalue weighted by atomic mass is 16.5. The molecule has 0 amide bonds. The molecule has 0 fully saturated rings. The van der Waals surface area contributed by atoms with Gasteiger partial charge in [-0.1, -0.05) is 12.1 Å². The normalized spacial score (nSPS) is 10.8. The summed E-state index contributed by atoms with van der Waals surface area (Å²) in [5.74, 6) is 1.71. The number of nitrogens with two attached hydrogens (primary N) is 1. The molecular weight excluding hydrogens is 238 g/mol. The van der Waals surface area contributed by atoms with E-state index in [9.17, 15) is 0 Å². The Kier molecular flexibility index (Phi) is 2.63. The van der Waals surface area contributed by atoms with Crippen LogP contribution in [0.4, 0.5) is 5.69 Å². The fourth-order valence-electron chi connectivity index (χ4n) is 2.24. The van der Waals surface area contributed by atoms with Crippen LogP contribution in [0.2, 0.25) is 0 Å². The number of rotatable bonds is 2. The lowest BCUT2D eigenvalue weighted by molar-refractivity contribution is 0.415. The number of methoxy groups -OCH3 is 1. The third-order valence-corrected chi connectivity index (χ3v) is 3.23. The van der Waals surface area contributed by atoms with Gasteiger partial charge < -0.3 is 15.0 Å². The van der Waals surface area contributed by atoms with Crippen molar-refractivity contribution >= 4 is 16.7 Å². The van der Waals surface area contributed by atoms with E-state index < -0.39 is 0 Å². The number of hydrogen-bond donors (Lipinski definition) is 1. The van der Waals surface area contributed by atoms with Gasteiger partial charge in [0.1, 0.15) is 11.6 Å². The average molecular weight is 253 g/mol. The molecule has 0 saturated heterocycles. The van der Waals surface area contributed by atoms with Crippen molar-refractivity contribution in [3.8, 4) is 17.1 Å². The number of aromatic nitrogens is 2. The van der Waals surface area contributed by atoms with Crippen LogP contribution in [0.1, 0.15) is 0 Å². The first-order chi connectivity index (χ1) is 9.19. The predicted molar refractivity (Wildman–Crippen MR) is 77.1 cm³/mol. The van der Waals surface area contributed by atoms with E-state index in [2.05, 4.69) is 9.55 Å². The molecule has 0 atom stereocenters. The van der Waals surface area contributed by atoms with Crippen LogP contribution in [0, 0.1) is 0 Å². The average Bonchev–Trinajstić information content (AvgIpc) is 2.75. The van der Waals surface area contributed by atoms with E-state index in [0.29, 0.717) is 0 Å². The Labute approximate surface area is 111 Å². The molecule has 2 N–H and O–H groups in total. The molecule has 0 bridgehead atoms. The Morgan fingerprint density at radius 1 is 1.16 bits per heavy atom. The molecule has 0 spiro atoms. The maximum absolute atomic E-state index is 5.83. The van der Waals surface area contributed by atoms with Gasteiger partial charge >= 0.3 is 0 Å². The Hall–Kier alpha value is -2.49. The minimum atomic E-state index is 0.738. The van der Waals surface area contributed by atoms with Gasteiger partial charge in [-0.05, 0) is 24.3 Å². The number of nitrogen functional groups attached to an aromatic ring is 1. The summed E-state index contributed by atoms with van der Waals surface area (Å²) in [6, 6.07) is 13.6. The standard InChI is InChI=1S/C15H15N3O/c1-18-14-7-6-12(19-2)9-13(14)17-15(18)10-4-3-5-11(16)8-10/h3-9H,16H2,1-2H3. The van der Waals surface area contributed by atoms with E-state index in [4.69, 9.17) is 10.5 Å². The summed E-state index contributed by atoms with van der Waals surface area (Å²) in [7, 11) is 3.66. The summed E-state index contributed by atoms with van der Waals surface area (Å²) in [5.41, 5.74) is 9.56. The van der Waals surface area contributed by atoms with Crippen LogP contribution in [0.3, 0.4) is 0 Å². The van der Waals surface area contributed by atoms with Gasteiger partial charge in [-0.25, -0.2) is 4.98 Å². The second-order valence-electron chi connectivity index (χ2n) is 4.47. The number of nitrogens with zero attached hydrogens (tertiary/aromatic N) is 2. The largest absolute Gasteiger partial charge is 0.497 e. The highest BCUT2D eigenvalue weighted by Gasteiger charge is 2.10. The molecule has 1 aromatic heterocycles. The zero-order valence-electron chi connectivity index (χ0n) is 10.9. The Morgan fingerprint density at radius 3 is 2.74 bits per heavy atom. The number of benzene rings is 2. The number of aryl methyl sites for hydroxylation is 1. The summed E-state index contributed by atoms with van der Waals surface area (Å²) >= 11 is 0. The molecular formula is C15H15N3O. The highest BCUT2D eigenvalue weighted by molar-refractivity contribution is 5.82. The smallest absolute Gasteiger partial charge is 0.140 e. The van der Waals surface area contributed by atoms with E-state index in [1.54, 1.807) is 7.11 Å². The summed E-state index contributed by atoms with van der Waals surface area (Å²) in [6.07, 6.45) is 0. The van der Waals surface area contributed by atoms with Crippen LogP contribution in [-0.4, -0.2) is 16.7 Å². The zero-order chi connectivity index (χ0) is 13.4. The molecule has 19 heavy (non-hydrogen) atoms. The van der Waals surface area contributed by atoms with Crippen molar-refractivity contribution in [3.05, 3.63) is 42.5 Å². The molecule has 0 saturated carbocycles. The Bertz CT molecular complexity index is 746. The molecule has 0 radical (unpaired) electrons. The molecule has 0 aliphatic heterocycles. The van der Waals surface area contributed by atoms with Gasteiger partial charge in [0.25, 0.3) is 0 Å². The van der Waals surface area contributed by atoms with Crippen LogP contribution in [-0.2, 0) is 7.05 Å². The first-order valence-corrected chi connectivity index (χ1v) is 6.05. The summed E-state index contributed by atoms with van der Waals surface area (Å²) in [6.45, 7) is 0. The highest BCUT2D eigenvalue weighted by Crippen LogP contribution is 2.27. The minimum absolute atomic E-state index is 0.738. The van der Waals surface area contributed by atoms with Crippen molar-refractivity contribution in [1.82, 2.24) is 9.55 Å². The van der Waals surface area contributed by atoms with Crippen LogP contribution >= 0.6 is 0 Å². The molecule has 4 nitrogen and oxygen atoms in total. The van der Waals surface area contributed by atoms with Gasteiger partial charge in [-0.15, -0.1) is 0 Å². The molecule has 4 heteroatoms. The maximum atomic E-state index is 5.83. The number of ether oxygens (including phenoxy) is 1. The van der Waals surface area contributed by atoms with E-state index in [0.717, 1.165) is 33.9 Å². The number of anilines is 1. The van der Waals surface area contributed by atoms with Crippen molar-refractivity contribution in [2.75, 3.05) is 12.8 Å². The first-order valence-electron chi connectivity index (χ1n) is 6.05. The van der Waals surface area contributed by atoms with Gasteiger partial charge in [0.05, 0.1) is 18.1 Å². The fraction of sp³-hybridized carbons (Fsp3) is 0.133. The van der Waals surface area contributed by atoms with Crippen molar-refractivity contribution in [2.45, 2.75) is 0 Å². The number of imidazole rings is 1. The van der Waals surface area contributed by atoms with Crippen LogP contribution in [0.15, 0.2) is 42.5 Å². The number of fused-ring (bicyclic) bond motifs is 1. The van der Waals surface area contributed by atoms with Gasteiger partial charge in [0.15, 0.2) is 0 Å². The van der Waals surface area contributed by atoms with Crippen molar-refractivity contribution in [2.24, 2.45) is 7.05 Å². The molecule has 0 unspecified atom stereocenters. The van der Waals surface area contributed by atoms with Crippen LogP contribution in [0.25, 0.3) is 22.4 Å². The van der Waals surface area contributed by atoms with Crippen molar-refractivity contribution in [1.29, 1.82) is 0 Å². The molecule has 3 rings (SSSR count). The van der Waals surface area contributed by atoms with Crippen molar-refractivity contribution in [3.63, 3.8) is 0 Å². The molecule has 0 aliphatic rings. The Balaban J connectivity index is 2.22. The molecule has 1 heterocycles. The molecule has 96 valence electrons. The second kappa shape index (κ2) is 4.31. The third kappa shape index (κ3) is 1.91. The minimum Gasteiger partial charge on any atom is -0.497 e. The van der Waals surface area contributed by atoms with E-state index in [-0.39, 0.29) is 0 Å². The molecule has 2 aromatic carbocycles. The lowest BCUT2D eigenvalue weighted by atomic mass is 10.2. The molecule has 3 aromatic rings. The predicted octanol–water partition coefficient (Wildman–Crippen LogP) is 2.83. The van der Waals surface area contributed by atoms with Crippen molar-refractivity contribution < 1.29 is 4.74 Å². The van der Waals surface area contributed by atoms with Gasteiger partial charge in [-0.2, -0.15) is 0 Å². The van der Waals surface area contributed by atoms with E-state index in [1.807, 2.05) is 49.5 Å². The second-order valence-corrected chi connectivity index (χ2v) is 4.47. The molecule has 0 aliphatic carbocycles. The SMILES string of the molecule is COc1ccc2c(c1)nc(-c1cccc(N)c1)n2C. The van der Waals surface area contributed by atoms with E-state index in [1.165, 1.54) is 0 Å². The van der Waals surface area contributed by atoms with Gasteiger partial charge in [-0.3, -0.25) is 0 Å². The van der Waals surface area contributed by atoms with Gasteiger partial charge in [0, 0.05) is 24.4 Å². The first kappa shape index (κ1) is 11.6. The maximum Gasteiger partial charge on any atom is 0.140 e. The zero-order valence-corrected chi connectivity index (χ0v) is 10.9.